The molecule has 7 nitrogen and oxygen atoms in total. The molecular formula is C28H34FN3O4. The number of pyridine rings is 1. The third-order valence-electron chi connectivity index (χ3n) is 6.69. The van der Waals surface area contributed by atoms with Crippen LogP contribution in [0, 0.1) is 12.7 Å². The Morgan fingerprint density at radius 2 is 1.69 bits per heavy atom. The molecule has 1 aliphatic heterocycles. The average Bonchev–Trinajstić information content (AvgIpc) is 2.88. The van der Waals surface area contributed by atoms with Crippen molar-refractivity contribution in [1.29, 1.82) is 0 Å². The van der Waals surface area contributed by atoms with E-state index in [1.807, 2.05) is 38.1 Å². The van der Waals surface area contributed by atoms with Crippen molar-refractivity contribution in [1.82, 2.24) is 9.47 Å². The largest absolute Gasteiger partial charge is 0.507 e. The van der Waals surface area contributed by atoms with Gasteiger partial charge in [0.25, 0.3) is 5.56 Å². The maximum absolute atomic E-state index is 13.7. The number of hydrogen-bond acceptors (Lipinski definition) is 6. The van der Waals surface area contributed by atoms with E-state index in [-0.39, 0.29) is 17.1 Å². The summed E-state index contributed by atoms with van der Waals surface area (Å²) in [5.41, 5.74) is 2.70. The Morgan fingerprint density at radius 3 is 2.31 bits per heavy atom. The molecule has 1 atom stereocenters. The van der Waals surface area contributed by atoms with Crippen molar-refractivity contribution in [2.75, 3.05) is 51.4 Å². The number of halogens is 1. The van der Waals surface area contributed by atoms with Crippen LogP contribution in [0.5, 0.6) is 11.5 Å². The molecule has 4 rings (SSSR count). The number of methoxy groups -OCH3 is 1. The molecule has 192 valence electrons. The quantitative estimate of drug-likeness (QED) is 0.485. The number of aromatic hydroxyl groups is 1. The molecule has 0 unspecified atom stereocenters. The Balaban J connectivity index is 1.70. The Morgan fingerprint density at radius 1 is 1.03 bits per heavy atom. The number of nitrogens with zero attached hydrogens (tertiary/aromatic N) is 3. The van der Waals surface area contributed by atoms with Crippen LogP contribution >= 0.6 is 0 Å². The molecule has 2 heterocycles. The van der Waals surface area contributed by atoms with E-state index in [2.05, 4.69) is 9.80 Å². The van der Waals surface area contributed by atoms with Crippen molar-refractivity contribution >= 4 is 5.69 Å². The fraction of sp³-hybridized carbons (Fsp3) is 0.393. The summed E-state index contributed by atoms with van der Waals surface area (Å²) >= 11 is 0. The molecule has 1 fully saturated rings. The molecule has 0 saturated carbocycles. The predicted octanol–water partition coefficient (Wildman–Crippen LogP) is 3.96. The minimum absolute atomic E-state index is 0.00832. The number of anilines is 1. The summed E-state index contributed by atoms with van der Waals surface area (Å²) in [5.74, 6) is 0.491. The second kappa shape index (κ2) is 11.6. The molecular weight excluding hydrogens is 461 g/mol. The maximum atomic E-state index is 13.7. The van der Waals surface area contributed by atoms with Crippen molar-refractivity contribution in [3.05, 3.63) is 87.6 Å². The lowest BCUT2D eigenvalue weighted by molar-refractivity contribution is 0.183. The van der Waals surface area contributed by atoms with Gasteiger partial charge in [0.05, 0.1) is 24.8 Å². The highest BCUT2D eigenvalue weighted by molar-refractivity contribution is 5.47. The highest BCUT2D eigenvalue weighted by Crippen LogP contribution is 2.34. The molecule has 2 aromatic carbocycles. The molecule has 1 N–H and O–H groups in total. The molecule has 36 heavy (non-hydrogen) atoms. The van der Waals surface area contributed by atoms with Crippen molar-refractivity contribution in [3.8, 4) is 11.5 Å². The van der Waals surface area contributed by atoms with Gasteiger partial charge in [0.1, 0.15) is 17.3 Å². The van der Waals surface area contributed by atoms with Crippen LogP contribution in [0.15, 0.2) is 59.4 Å². The normalized spacial score (nSPS) is 15.2. The Kier molecular flexibility index (Phi) is 8.28. The number of hydrogen-bond donors (Lipinski definition) is 1. The van der Waals surface area contributed by atoms with E-state index in [4.69, 9.17) is 9.47 Å². The van der Waals surface area contributed by atoms with E-state index in [1.165, 1.54) is 12.1 Å². The molecule has 3 aromatic rings. The van der Waals surface area contributed by atoms with Crippen LogP contribution < -0.4 is 15.2 Å². The first-order chi connectivity index (χ1) is 17.4. The summed E-state index contributed by atoms with van der Waals surface area (Å²) in [5, 5.41) is 11.0. The highest BCUT2D eigenvalue weighted by Gasteiger charge is 2.31. The number of piperazine rings is 1. The van der Waals surface area contributed by atoms with Crippen molar-refractivity contribution in [3.63, 3.8) is 0 Å². The van der Waals surface area contributed by atoms with Crippen molar-refractivity contribution in [2.24, 2.45) is 0 Å². The highest BCUT2D eigenvalue weighted by atomic mass is 19.1. The first kappa shape index (κ1) is 25.7. The summed E-state index contributed by atoms with van der Waals surface area (Å²) in [4.78, 5) is 18.1. The van der Waals surface area contributed by atoms with Gasteiger partial charge in [-0.15, -0.1) is 0 Å². The number of ether oxygens (including phenoxy) is 2. The van der Waals surface area contributed by atoms with E-state index < -0.39 is 6.04 Å². The van der Waals surface area contributed by atoms with Crippen LogP contribution in [0.3, 0.4) is 0 Å². The third-order valence-corrected chi connectivity index (χ3v) is 6.69. The summed E-state index contributed by atoms with van der Waals surface area (Å²) in [6, 6.07) is 15.4. The number of rotatable bonds is 9. The zero-order valence-electron chi connectivity index (χ0n) is 21.1. The average molecular weight is 496 g/mol. The van der Waals surface area contributed by atoms with Crippen LogP contribution in [0.25, 0.3) is 0 Å². The standard InChI is InChI=1S/C28H34FN3O4/c1-4-36-24-11-5-21(6-12-24)27(26-25(33)19-20(2)32(28(26)34)17-18-35-3)31-15-13-30(14-16-31)23-9-7-22(29)8-10-23/h5-12,19,27,33H,4,13-18H2,1-3H3/t27-/m1/s1. The molecule has 8 heteroatoms. The van der Waals surface area contributed by atoms with Gasteiger partial charge in [-0.3, -0.25) is 9.69 Å². The van der Waals surface area contributed by atoms with E-state index in [9.17, 15) is 14.3 Å². The molecule has 1 aliphatic rings. The lowest BCUT2D eigenvalue weighted by atomic mass is 9.95. The first-order valence-corrected chi connectivity index (χ1v) is 12.3. The van der Waals surface area contributed by atoms with Gasteiger partial charge in [-0.05, 0) is 61.9 Å². The Bertz CT molecular complexity index is 1200. The van der Waals surface area contributed by atoms with Crippen LogP contribution in [-0.4, -0.2) is 61.1 Å². The zero-order valence-corrected chi connectivity index (χ0v) is 21.1. The Hall–Kier alpha value is -3.36. The maximum Gasteiger partial charge on any atom is 0.259 e. The molecule has 1 saturated heterocycles. The van der Waals surface area contributed by atoms with Crippen LogP contribution in [0.1, 0.15) is 29.8 Å². The van der Waals surface area contributed by atoms with Gasteiger partial charge in [0, 0.05) is 51.2 Å². The van der Waals surface area contributed by atoms with Gasteiger partial charge in [0.2, 0.25) is 0 Å². The second-order valence-corrected chi connectivity index (χ2v) is 8.94. The first-order valence-electron chi connectivity index (χ1n) is 12.3. The molecule has 0 spiro atoms. The van der Waals surface area contributed by atoms with Gasteiger partial charge in [-0.1, -0.05) is 12.1 Å². The van der Waals surface area contributed by atoms with Gasteiger partial charge in [-0.25, -0.2) is 4.39 Å². The topological polar surface area (TPSA) is 67.2 Å². The summed E-state index contributed by atoms with van der Waals surface area (Å²) in [6.45, 7) is 7.88. The number of aryl methyl sites for hydroxylation is 1. The molecule has 0 bridgehead atoms. The predicted molar refractivity (Wildman–Crippen MR) is 139 cm³/mol. The zero-order chi connectivity index (χ0) is 25.7. The van der Waals surface area contributed by atoms with Crippen LogP contribution in [-0.2, 0) is 11.3 Å². The molecule has 0 amide bonds. The monoisotopic (exact) mass is 495 g/mol. The fourth-order valence-corrected chi connectivity index (χ4v) is 4.85. The van der Waals surface area contributed by atoms with Crippen molar-refractivity contribution < 1.29 is 19.0 Å². The van der Waals surface area contributed by atoms with E-state index in [0.717, 1.165) is 17.0 Å². The molecule has 0 radical (unpaired) electrons. The Labute approximate surface area is 211 Å². The summed E-state index contributed by atoms with van der Waals surface area (Å²) < 4.78 is 25.9. The molecule has 1 aromatic heterocycles. The lowest BCUT2D eigenvalue weighted by Gasteiger charge is -2.40. The summed E-state index contributed by atoms with van der Waals surface area (Å²) in [7, 11) is 1.60. The van der Waals surface area contributed by atoms with E-state index in [1.54, 1.807) is 29.9 Å². The second-order valence-electron chi connectivity index (χ2n) is 8.94. The van der Waals surface area contributed by atoms with E-state index >= 15 is 0 Å². The van der Waals surface area contributed by atoms with Crippen LogP contribution in [0.4, 0.5) is 10.1 Å². The van der Waals surface area contributed by atoms with Gasteiger partial charge >= 0.3 is 0 Å². The van der Waals surface area contributed by atoms with Crippen LogP contribution in [0.2, 0.25) is 0 Å². The minimum Gasteiger partial charge on any atom is -0.507 e. The lowest BCUT2D eigenvalue weighted by Crippen LogP contribution is -2.49. The fourth-order valence-electron chi connectivity index (χ4n) is 4.85. The number of benzene rings is 2. The van der Waals surface area contributed by atoms with E-state index in [0.29, 0.717) is 57.2 Å². The van der Waals surface area contributed by atoms with Gasteiger partial charge < -0.3 is 24.0 Å². The molecule has 0 aliphatic carbocycles. The SMILES string of the molecule is CCOc1ccc([C@H](c2c(O)cc(C)n(CCOC)c2=O)N2CCN(c3ccc(F)cc3)CC2)cc1. The van der Waals surface area contributed by atoms with Gasteiger partial charge in [-0.2, -0.15) is 0 Å². The van der Waals surface area contributed by atoms with Gasteiger partial charge in [0.15, 0.2) is 0 Å². The minimum atomic E-state index is -0.432. The third kappa shape index (κ3) is 5.55. The summed E-state index contributed by atoms with van der Waals surface area (Å²) in [6.07, 6.45) is 0. The number of aromatic nitrogens is 1. The van der Waals surface area contributed by atoms with Crippen molar-refractivity contribution in [2.45, 2.75) is 26.4 Å². The smallest absolute Gasteiger partial charge is 0.259 e.